The maximum absolute atomic E-state index is 2.45. The summed E-state index contributed by atoms with van der Waals surface area (Å²) in [4.78, 5) is 0. The highest BCUT2D eigenvalue weighted by molar-refractivity contribution is 6.17. The fourth-order valence-corrected chi connectivity index (χ4v) is 9.33. The van der Waals surface area contributed by atoms with E-state index in [0.29, 0.717) is 0 Å². The molecule has 0 saturated heterocycles. The molecule has 53 heavy (non-hydrogen) atoms. The van der Waals surface area contributed by atoms with Crippen LogP contribution in [-0.2, 0) is 5.41 Å². The molecule has 10 aromatic rings. The van der Waals surface area contributed by atoms with Gasteiger partial charge in [-0.25, -0.2) is 0 Å². The summed E-state index contributed by atoms with van der Waals surface area (Å²) < 4.78 is 4.85. The number of rotatable bonds is 4. The van der Waals surface area contributed by atoms with Crippen molar-refractivity contribution in [2.24, 2.45) is 0 Å². The van der Waals surface area contributed by atoms with Gasteiger partial charge in [-0.1, -0.05) is 141 Å². The van der Waals surface area contributed by atoms with Crippen molar-refractivity contribution in [3.63, 3.8) is 0 Å². The number of fused-ring (bicyclic) bond motifs is 9. The van der Waals surface area contributed by atoms with E-state index in [0.717, 1.165) is 0 Å². The second-order valence-electron chi connectivity index (χ2n) is 14.9. The summed E-state index contributed by atoms with van der Waals surface area (Å²) in [5.41, 5.74) is 17.6. The summed E-state index contributed by atoms with van der Waals surface area (Å²) in [5, 5.41) is 5.05. The van der Waals surface area contributed by atoms with E-state index in [1.165, 1.54) is 99.5 Å². The Labute approximate surface area is 308 Å². The Kier molecular flexibility index (Phi) is 6.33. The Bertz CT molecular complexity index is 3080. The number of aromatic nitrogens is 2. The van der Waals surface area contributed by atoms with Crippen LogP contribution in [0.15, 0.2) is 182 Å². The molecular formula is C51H36N2. The molecule has 1 aliphatic carbocycles. The second-order valence-corrected chi connectivity index (χ2v) is 14.9. The normalized spacial score (nSPS) is 13.2. The molecule has 8 aromatic carbocycles. The SMILES string of the molecule is CC1(C)c2ccccc2-c2cc(-n3c4ccccc4c4cc(-c5ccccc5-c5cccc6c5c5ccccc5n6-c5ccccc5)ccc43)ccc21. The molecule has 2 nitrogen and oxygen atoms in total. The highest BCUT2D eigenvalue weighted by Crippen LogP contribution is 2.50. The van der Waals surface area contributed by atoms with Crippen LogP contribution in [-0.4, -0.2) is 9.13 Å². The first-order valence-electron chi connectivity index (χ1n) is 18.5. The monoisotopic (exact) mass is 676 g/mol. The van der Waals surface area contributed by atoms with E-state index in [1.54, 1.807) is 0 Å². The van der Waals surface area contributed by atoms with Crippen LogP contribution in [0.1, 0.15) is 25.0 Å². The van der Waals surface area contributed by atoms with Crippen molar-refractivity contribution in [3.05, 3.63) is 193 Å². The van der Waals surface area contributed by atoms with Gasteiger partial charge in [-0.3, -0.25) is 0 Å². The van der Waals surface area contributed by atoms with E-state index in [4.69, 9.17) is 0 Å². The summed E-state index contributed by atoms with van der Waals surface area (Å²) in [6.07, 6.45) is 0. The topological polar surface area (TPSA) is 9.86 Å². The average Bonchev–Trinajstić information content (AvgIpc) is 3.81. The van der Waals surface area contributed by atoms with Crippen molar-refractivity contribution in [1.29, 1.82) is 0 Å². The van der Waals surface area contributed by atoms with E-state index in [-0.39, 0.29) is 5.41 Å². The van der Waals surface area contributed by atoms with Crippen molar-refractivity contribution < 1.29 is 0 Å². The van der Waals surface area contributed by atoms with Crippen LogP contribution in [0.5, 0.6) is 0 Å². The predicted molar refractivity (Wildman–Crippen MR) is 224 cm³/mol. The zero-order valence-electron chi connectivity index (χ0n) is 29.7. The molecule has 0 amide bonds. The molecule has 0 bridgehead atoms. The molecule has 0 fully saturated rings. The van der Waals surface area contributed by atoms with Gasteiger partial charge in [-0.2, -0.15) is 0 Å². The van der Waals surface area contributed by atoms with Gasteiger partial charge in [0.05, 0.1) is 22.1 Å². The Balaban J connectivity index is 1.11. The predicted octanol–water partition coefficient (Wildman–Crippen LogP) is 13.5. The molecule has 2 heterocycles. The Morgan fingerprint density at radius 2 is 0.925 bits per heavy atom. The Morgan fingerprint density at radius 1 is 0.340 bits per heavy atom. The third kappa shape index (κ3) is 4.27. The molecule has 0 spiro atoms. The smallest absolute Gasteiger partial charge is 0.0547 e. The molecular weight excluding hydrogens is 641 g/mol. The molecule has 0 radical (unpaired) electrons. The van der Waals surface area contributed by atoms with Gasteiger partial charge in [-0.15, -0.1) is 0 Å². The number of para-hydroxylation sites is 3. The first-order chi connectivity index (χ1) is 26.1. The minimum absolute atomic E-state index is 0.0195. The summed E-state index contributed by atoms with van der Waals surface area (Å²) in [7, 11) is 0. The van der Waals surface area contributed by atoms with E-state index >= 15 is 0 Å². The summed E-state index contributed by atoms with van der Waals surface area (Å²) in [6, 6.07) is 67.1. The average molecular weight is 677 g/mol. The third-order valence-electron chi connectivity index (χ3n) is 11.7. The lowest BCUT2D eigenvalue weighted by molar-refractivity contribution is 0.660. The lowest BCUT2D eigenvalue weighted by Crippen LogP contribution is -2.14. The maximum Gasteiger partial charge on any atom is 0.0547 e. The summed E-state index contributed by atoms with van der Waals surface area (Å²) >= 11 is 0. The van der Waals surface area contributed by atoms with Crippen molar-refractivity contribution >= 4 is 43.6 Å². The molecule has 2 aromatic heterocycles. The van der Waals surface area contributed by atoms with Gasteiger partial charge in [0.1, 0.15) is 0 Å². The Morgan fingerprint density at radius 3 is 1.75 bits per heavy atom. The van der Waals surface area contributed by atoms with Gasteiger partial charge >= 0.3 is 0 Å². The largest absolute Gasteiger partial charge is 0.309 e. The van der Waals surface area contributed by atoms with Crippen LogP contribution in [0.3, 0.4) is 0 Å². The van der Waals surface area contributed by atoms with E-state index in [9.17, 15) is 0 Å². The minimum Gasteiger partial charge on any atom is -0.309 e. The standard InChI is InChI=1S/C51H36N2/c1-51(2)44-23-11-8-19-38(44)42-32-35(28-29-45(42)51)53-46-24-12-9-20-39(46)43-31-33(27-30-48(43)53)36-17-6-7-18-37(36)40-22-14-26-49-50(40)41-21-10-13-25-47(41)52(49)34-15-4-3-5-16-34/h3-32H,1-2H3. The third-order valence-corrected chi connectivity index (χ3v) is 11.7. The Hall–Kier alpha value is -6.64. The highest BCUT2D eigenvalue weighted by atomic mass is 15.0. The van der Waals surface area contributed by atoms with Gasteiger partial charge in [0.2, 0.25) is 0 Å². The van der Waals surface area contributed by atoms with E-state index in [1.807, 2.05) is 0 Å². The quantitative estimate of drug-likeness (QED) is 0.176. The molecule has 0 unspecified atom stereocenters. The number of hydrogen-bond acceptors (Lipinski definition) is 0. The van der Waals surface area contributed by atoms with Crippen molar-refractivity contribution in [3.8, 4) is 44.8 Å². The van der Waals surface area contributed by atoms with E-state index in [2.05, 4.69) is 205 Å². The molecule has 11 rings (SSSR count). The van der Waals surface area contributed by atoms with Gasteiger partial charge in [0.15, 0.2) is 0 Å². The van der Waals surface area contributed by atoms with Crippen molar-refractivity contribution in [1.82, 2.24) is 9.13 Å². The van der Waals surface area contributed by atoms with Crippen LogP contribution in [0.4, 0.5) is 0 Å². The summed E-state index contributed by atoms with van der Waals surface area (Å²) in [5.74, 6) is 0. The maximum atomic E-state index is 2.45. The number of hydrogen-bond donors (Lipinski definition) is 0. The molecule has 2 heteroatoms. The van der Waals surface area contributed by atoms with Gasteiger partial charge in [0.25, 0.3) is 0 Å². The van der Waals surface area contributed by atoms with Crippen LogP contribution in [0.25, 0.3) is 88.4 Å². The molecule has 250 valence electrons. The van der Waals surface area contributed by atoms with Gasteiger partial charge in [-0.05, 0) is 99.1 Å². The van der Waals surface area contributed by atoms with Crippen LogP contribution < -0.4 is 0 Å². The van der Waals surface area contributed by atoms with Gasteiger partial charge < -0.3 is 9.13 Å². The van der Waals surface area contributed by atoms with Crippen molar-refractivity contribution in [2.45, 2.75) is 19.3 Å². The lowest BCUT2D eigenvalue weighted by Gasteiger charge is -2.21. The van der Waals surface area contributed by atoms with Crippen LogP contribution in [0.2, 0.25) is 0 Å². The summed E-state index contributed by atoms with van der Waals surface area (Å²) in [6.45, 7) is 4.69. The van der Waals surface area contributed by atoms with Gasteiger partial charge in [0, 0.05) is 38.3 Å². The first kappa shape index (κ1) is 30.0. The fourth-order valence-electron chi connectivity index (χ4n) is 9.33. The van der Waals surface area contributed by atoms with E-state index < -0.39 is 0 Å². The number of benzene rings is 8. The van der Waals surface area contributed by atoms with Crippen molar-refractivity contribution in [2.75, 3.05) is 0 Å². The highest BCUT2D eigenvalue weighted by Gasteiger charge is 2.35. The minimum atomic E-state index is -0.0195. The molecule has 0 atom stereocenters. The zero-order valence-corrected chi connectivity index (χ0v) is 29.7. The fraction of sp³-hybridized carbons (Fsp3) is 0.0588. The molecule has 1 aliphatic rings. The lowest BCUT2D eigenvalue weighted by atomic mass is 9.82. The number of nitrogens with zero attached hydrogens (tertiary/aromatic N) is 2. The zero-order chi connectivity index (χ0) is 35.3. The molecule has 0 N–H and O–H groups in total. The molecule has 0 saturated carbocycles. The second kappa shape index (κ2) is 11.2. The van der Waals surface area contributed by atoms with Crippen LogP contribution in [0, 0.1) is 0 Å². The first-order valence-corrected chi connectivity index (χ1v) is 18.5. The van der Waals surface area contributed by atoms with Crippen LogP contribution >= 0.6 is 0 Å². The molecule has 0 aliphatic heterocycles.